The summed E-state index contributed by atoms with van der Waals surface area (Å²) in [7, 11) is 4.01. The predicted molar refractivity (Wildman–Crippen MR) is 111 cm³/mol. The van der Waals surface area contributed by atoms with E-state index in [-0.39, 0.29) is 18.7 Å². The molecule has 2 amide bonds. The summed E-state index contributed by atoms with van der Waals surface area (Å²) in [6.45, 7) is 2.87. The van der Waals surface area contributed by atoms with Crippen molar-refractivity contribution >= 4 is 11.7 Å². The minimum atomic E-state index is -4.41. The molecule has 1 aliphatic rings. The Morgan fingerprint density at radius 1 is 1.13 bits per heavy atom. The van der Waals surface area contributed by atoms with E-state index in [4.69, 9.17) is 0 Å². The van der Waals surface area contributed by atoms with Crippen molar-refractivity contribution < 1.29 is 18.0 Å². The molecule has 2 aromatic rings. The zero-order chi connectivity index (χ0) is 21.9. The fraction of sp³-hybridized carbons (Fsp3) is 0.318. The van der Waals surface area contributed by atoms with Crippen molar-refractivity contribution in [3.8, 4) is 0 Å². The standard InChI is InChI=1S/C22H25F3N4O/c1-16(18-9-7-17(8-10-18)14-27(2)3)26-21(30)29-12-11-28(15-29)20-6-4-5-19(13-20)22(23,24)25/h4-13,16H,14-15H2,1-3H3,(H,26,30)/t16-/m0/s1. The Morgan fingerprint density at radius 3 is 2.47 bits per heavy atom. The average molecular weight is 418 g/mol. The number of rotatable bonds is 5. The molecule has 0 aliphatic carbocycles. The molecule has 1 aliphatic heterocycles. The molecule has 8 heteroatoms. The number of amides is 2. The van der Waals surface area contributed by atoms with Crippen molar-refractivity contribution in [2.45, 2.75) is 25.7 Å². The van der Waals surface area contributed by atoms with Crippen molar-refractivity contribution in [1.82, 2.24) is 15.1 Å². The number of carbonyl (C=O) groups excluding carboxylic acids is 1. The molecule has 0 saturated heterocycles. The van der Waals surface area contributed by atoms with Crippen molar-refractivity contribution in [3.63, 3.8) is 0 Å². The first-order chi connectivity index (χ1) is 14.1. The molecular formula is C22H25F3N4O. The maximum absolute atomic E-state index is 12.9. The molecule has 0 fully saturated rings. The van der Waals surface area contributed by atoms with Crippen molar-refractivity contribution in [2.24, 2.45) is 0 Å². The molecule has 1 N–H and O–H groups in total. The number of carbonyl (C=O) groups is 1. The normalized spacial score (nSPS) is 15.0. The van der Waals surface area contributed by atoms with Crippen LogP contribution in [0, 0.1) is 0 Å². The van der Waals surface area contributed by atoms with Crippen LogP contribution >= 0.6 is 0 Å². The highest BCUT2D eigenvalue weighted by molar-refractivity contribution is 5.77. The minimum absolute atomic E-state index is 0.141. The van der Waals surface area contributed by atoms with Crippen LogP contribution in [-0.2, 0) is 12.7 Å². The van der Waals surface area contributed by atoms with Crippen LogP contribution in [0.25, 0.3) is 0 Å². The van der Waals surface area contributed by atoms with Gasteiger partial charge in [-0.25, -0.2) is 4.79 Å². The number of anilines is 1. The van der Waals surface area contributed by atoms with Crippen LogP contribution in [0.1, 0.15) is 29.7 Å². The van der Waals surface area contributed by atoms with E-state index in [1.54, 1.807) is 23.4 Å². The molecule has 0 spiro atoms. The fourth-order valence-corrected chi connectivity index (χ4v) is 3.21. The first-order valence-electron chi connectivity index (χ1n) is 9.56. The summed E-state index contributed by atoms with van der Waals surface area (Å²) in [5.41, 5.74) is 1.81. The van der Waals surface area contributed by atoms with Crippen LogP contribution in [0.2, 0.25) is 0 Å². The number of urea groups is 1. The fourth-order valence-electron chi connectivity index (χ4n) is 3.21. The van der Waals surface area contributed by atoms with Crippen molar-refractivity contribution in [1.29, 1.82) is 0 Å². The summed E-state index contributed by atoms with van der Waals surface area (Å²) in [6.07, 6.45) is -1.26. The number of hydrogen-bond acceptors (Lipinski definition) is 3. The van der Waals surface area contributed by atoms with Gasteiger partial charge in [-0.1, -0.05) is 30.3 Å². The molecule has 0 bridgehead atoms. The van der Waals surface area contributed by atoms with Gasteiger partial charge in [0.25, 0.3) is 0 Å². The Morgan fingerprint density at radius 2 is 1.83 bits per heavy atom. The number of nitrogens with zero attached hydrogens (tertiary/aromatic N) is 3. The lowest BCUT2D eigenvalue weighted by Crippen LogP contribution is -2.39. The SMILES string of the molecule is C[C@H](NC(=O)N1C=CN(c2cccc(C(F)(F)F)c2)C1)c1ccc(CN(C)C)cc1. The Hall–Kier alpha value is -3.00. The highest BCUT2D eigenvalue weighted by atomic mass is 19.4. The van der Waals surface area contributed by atoms with Crippen LogP contribution in [0.15, 0.2) is 60.9 Å². The van der Waals surface area contributed by atoms with E-state index < -0.39 is 11.7 Å². The van der Waals surface area contributed by atoms with E-state index >= 15 is 0 Å². The third-order valence-electron chi connectivity index (χ3n) is 4.82. The molecule has 30 heavy (non-hydrogen) atoms. The summed E-state index contributed by atoms with van der Waals surface area (Å²) < 4.78 is 38.8. The van der Waals surface area contributed by atoms with E-state index in [1.807, 2.05) is 45.3 Å². The topological polar surface area (TPSA) is 38.8 Å². The van der Waals surface area contributed by atoms with Gasteiger partial charge in [-0.3, -0.25) is 4.90 Å². The summed E-state index contributed by atoms with van der Waals surface area (Å²) in [4.78, 5) is 17.7. The second kappa shape index (κ2) is 8.79. The second-order valence-electron chi connectivity index (χ2n) is 7.58. The van der Waals surface area contributed by atoms with Gasteiger partial charge in [-0.15, -0.1) is 0 Å². The van der Waals surface area contributed by atoms with E-state index in [0.717, 1.165) is 24.2 Å². The molecule has 0 saturated carbocycles. The third-order valence-corrected chi connectivity index (χ3v) is 4.82. The smallest absolute Gasteiger partial charge is 0.331 e. The van der Waals surface area contributed by atoms with Crippen LogP contribution in [-0.4, -0.2) is 36.6 Å². The van der Waals surface area contributed by atoms with Crippen LogP contribution in [0.5, 0.6) is 0 Å². The molecular weight excluding hydrogens is 393 g/mol. The molecule has 0 radical (unpaired) electrons. The van der Waals surface area contributed by atoms with E-state index in [0.29, 0.717) is 5.69 Å². The lowest BCUT2D eigenvalue weighted by Gasteiger charge is -2.23. The van der Waals surface area contributed by atoms with Crippen LogP contribution in [0.4, 0.5) is 23.7 Å². The second-order valence-corrected chi connectivity index (χ2v) is 7.58. The Bertz CT molecular complexity index is 909. The van der Waals surface area contributed by atoms with E-state index in [2.05, 4.69) is 10.2 Å². The van der Waals surface area contributed by atoms with Crippen LogP contribution < -0.4 is 10.2 Å². The van der Waals surface area contributed by atoms with Gasteiger partial charge in [0.1, 0.15) is 6.67 Å². The molecule has 160 valence electrons. The van der Waals surface area contributed by atoms with E-state index in [1.165, 1.54) is 16.5 Å². The summed E-state index contributed by atoms with van der Waals surface area (Å²) in [5, 5.41) is 2.92. The number of nitrogens with one attached hydrogen (secondary N) is 1. The van der Waals surface area contributed by atoms with Crippen molar-refractivity contribution in [2.75, 3.05) is 25.7 Å². The third kappa shape index (κ3) is 5.33. The van der Waals surface area contributed by atoms with Crippen molar-refractivity contribution in [3.05, 3.63) is 77.6 Å². The quantitative estimate of drug-likeness (QED) is 0.759. The van der Waals surface area contributed by atoms with Gasteiger partial charge in [-0.2, -0.15) is 13.2 Å². The maximum atomic E-state index is 12.9. The monoisotopic (exact) mass is 418 g/mol. The Balaban J connectivity index is 1.59. The van der Waals surface area contributed by atoms with Gasteiger partial charge >= 0.3 is 12.2 Å². The molecule has 2 aromatic carbocycles. The summed E-state index contributed by atoms with van der Waals surface area (Å²) in [5.74, 6) is 0. The molecule has 5 nitrogen and oxygen atoms in total. The molecule has 0 aromatic heterocycles. The first-order valence-corrected chi connectivity index (χ1v) is 9.56. The summed E-state index contributed by atoms with van der Waals surface area (Å²) in [6, 6.07) is 12.6. The van der Waals surface area contributed by atoms with Gasteiger partial charge in [0.2, 0.25) is 0 Å². The maximum Gasteiger partial charge on any atom is 0.416 e. The van der Waals surface area contributed by atoms with Gasteiger partial charge in [-0.05, 0) is 50.3 Å². The molecule has 1 atom stereocenters. The Kier molecular flexibility index (Phi) is 6.36. The van der Waals surface area contributed by atoms with Gasteiger partial charge in [0.05, 0.1) is 11.6 Å². The zero-order valence-corrected chi connectivity index (χ0v) is 17.1. The van der Waals surface area contributed by atoms with Gasteiger partial charge < -0.3 is 15.1 Å². The van der Waals surface area contributed by atoms with E-state index in [9.17, 15) is 18.0 Å². The first kappa shape index (κ1) is 21.7. The van der Waals surface area contributed by atoms with Gasteiger partial charge in [0, 0.05) is 24.6 Å². The number of alkyl halides is 3. The predicted octanol–water partition coefficient (Wildman–Crippen LogP) is 4.79. The largest absolute Gasteiger partial charge is 0.416 e. The van der Waals surface area contributed by atoms with Gasteiger partial charge in [0.15, 0.2) is 0 Å². The molecule has 1 heterocycles. The Labute approximate surface area is 174 Å². The molecule has 0 unspecified atom stereocenters. The lowest BCUT2D eigenvalue weighted by molar-refractivity contribution is -0.137. The number of hydrogen-bond donors (Lipinski definition) is 1. The lowest BCUT2D eigenvalue weighted by atomic mass is 10.1. The average Bonchev–Trinajstić information content (AvgIpc) is 3.18. The highest BCUT2D eigenvalue weighted by Crippen LogP contribution is 2.32. The minimum Gasteiger partial charge on any atom is -0.331 e. The van der Waals surface area contributed by atoms with Crippen LogP contribution in [0.3, 0.4) is 0 Å². The zero-order valence-electron chi connectivity index (χ0n) is 17.1. The highest BCUT2D eigenvalue weighted by Gasteiger charge is 2.31. The number of benzene rings is 2. The number of halogens is 3. The molecule has 3 rings (SSSR count). The summed E-state index contributed by atoms with van der Waals surface area (Å²) >= 11 is 0.